The van der Waals surface area contributed by atoms with Gasteiger partial charge in [0, 0.05) is 34.3 Å². The zero-order chi connectivity index (χ0) is 32.8. The standard InChI is InChI=1S/C34H32F3N5O5/c1-33(32(38)44)15-46-30-22(33)11-27(40-29(30)21-10-24(36)25(37)12-23(21)35)34(45,18-2-3-18)14-39-31(43)16-8-17-13-42(19-4-5-19)41-28(17)26(9-16)47-20-6-7-20/h8-13,18-20,45H,2-7,14-15H2,1H3,(H2,38,44)(H,39,43)/t33-,34?/m0/s1. The smallest absolute Gasteiger partial charge is 0.251 e. The molecule has 47 heavy (non-hydrogen) atoms. The third-order valence-electron chi connectivity index (χ3n) is 9.69. The van der Waals surface area contributed by atoms with E-state index < -0.39 is 45.8 Å². The minimum absolute atomic E-state index is 0.00933. The van der Waals surface area contributed by atoms with E-state index in [0.29, 0.717) is 47.8 Å². The second-order valence-electron chi connectivity index (χ2n) is 13.4. The molecule has 2 aromatic carbocycles. The first-order valence-corrected chi connectivity index (χ1v) is 15.8. The molecule has 0 saturated heterocycles. The van der Waals surface area contributed by atoms with E-state index in [1.165, 1.54) is 13.0 Å². The van der Waals surface area contributed by atoms with E-state index >= 15 is 4.39 Å². The Morgan fingerprint density at radius 2 is 1.83 bits per heavy atom. The van der Waals surface area contributed by atoms with E-state index in [1.807, 2.05) is 10.9 Å². The molecule has 3 heterocycles. The molecule has 3 saturated carbocycles. The maximum absolute atomic E-state index is 15.1. The van der Waals surface area contributed by atoms with E-state index in [2.05, 4.69) is 10.3 Å². The number of hydrogen-bond donors (Lipinski definition) is 3. The van der Waals surface area contributed by atoms with Crippen LogP contribution in [0, 0.1) is 23.4 Å². The second-order valence-corrected chi connectivity index (χ2v) is 13.4. The molecular weight excluding hydrogens is 615 g/mol. The highest BCUT2D eigenvalue weighted by Gasteiger charge is 2.50. The number of amides is 2. The fourth-order valence-corrected chi connectivity index (χ4v) is 6.25. The number of ether oxygens (including phenoxy) is 2. The van der Waals surface area contributed by atoms with E-state index in [9.17, 15) is 23.5 Å². The molecular formula is C34H32F3N5O5. The summed E-state index contributed by atoms with van der Waals surface area (Å²) in [4.78, 5) is 30.8. The van der Waals surface area contributed by atoms with Gasteiger partial charge in [-0.3, -0.25) is 14.3 Å². The molecule has 8 rings (SSSR count). The zero-order valence-electron chi connectivity index (χ0n) is 25.5. The zero-order valence-corrected chi connectivity index (χ0v) is 25.5. The van der Waals surface area contributed by atoms with Crippen LogP contribution in [0.4, 0.5) is 13.2 Å². The van der Waals surface area contributed by atoms with Crippen LogP contribution < -0.4 is 20.5 Å². The number of nitrogens with zero attached hydrogens (tertiary/aromatic N) is 3. The number of fused-ring (bicyclic) bond motifs is 2. The van der Waals surface area contributed by atoms with E-state index in [4.69, 9.17) is 20.3 Å². The molecule has 3 fully saturated rings. The molecule has 0 bridgehead atoms. The maximum atomic E-state index is 15.1. The Bertz CT molecular complexity index is 1990. The number of aromatic nitrogens is 3. The lowest BCUT2D eigenvalue weighted by molar-refractivity contribution is -0.123. The summed E-state index contributed by atoms with van der Waals surface area (Å²) in [6.07, 6.45) is 7.16. The minimum atomic E-state index is -1.77. The van der Waals surface area contributed by atoms with Crippen molar-refractivity contribution in [3.8, 4) is 22.8 Å². The average Bonchev–Trinajstić information content (AvgIpc) is 3.92. The van der Waals surface area contributed by atoms with Crippen molar-refractivity contribution >= 4 is 22.7 Å². The normalized spacial score (nSPS) is 21.6. The lowest BCUT2D eigenvalue weighted by Gasteiger charge is -2.30. The average molecular weight is 648 g/mol. The number of aliphatic hydroxyl groups is 1. The van der Waals surface area contributed by atoms with Crippen LogP contribution in [0.1, 0.15) is 73.1 Å². The van der Waals surface area contributed by atoms with Crippen LogP contribution >= 0.6 is 0 Å². The second kappa shape index (κ2) is 10.4. The number of nitrogens with two attached hydrogens (primary N) is 1. The third-order valence-corrected chi connectivity index (χ3v) is 9.69. The minimum Gasteiger partial charge on any atom is -0.489 e. The summed E-state index contributed by atoms with van der Waals surface area (Å²) in [7, 11) is 0. The summed E-state index contributed by atoms with van der Waals surface area (Å²) in [6, 6.07) is 6.25. The Labute approximate surface area is 267 Å². The van der Waals surface area contributed by atoms with E-state index in [-0.39, 0.29) is 47.9 Å². The molecule has 4 N–H and O–H groups in total. The number of nitrogens with one attached hydrogen (secondary N) is 1. The van der Waals surface area contributed by atoms with Crippen LogP contribution in [0.25, 0.3) is 22.2 Å². The predicted octanol–water partition coefficient (Wildman–Crippen LogP) is 4.55. The summed E-state index contributed by atoms with van der Waals surface area (Å²) in [5, 5.41) is 20.5. The van der Waals surface area contributed by atoms with Crippen molar-refractivity contribution in [2.45, 2.75) is 68.6 Å². The van der Waals surface area contributed by atoms with Gasteiger partial charge in [0.15, 0.2) is 11.6 Å². The van der Waals surface area contributed by atoms with Gasteiger partial charge in [0.25, 0.3) is 5.91 Å². The monoisotopic (exact) mass is 647 g/mol. The van der Waals surface area contributed by atoms with Gasteiger partial charge in [-0.25, -0.2) is 18.2 Å². The Balaban J connectivity index is 1.17. The highest BCUT2D eigenvalue weighted by molar-refractivity contribution is 6.00. The first-order chi connectivity index (χ1) is 22.4. The Morgan fingerprint density at radius 3 is 2.51 bits per heavy atom. The number of primary amides is 1. The van der Waals surface area contributed by atoms with E-state index in [1.54, 1.807) is 12.1 Å². The molecule has 0 spiro atoms. The highest BCUT2D eigenvalue weighted by Crippen LogP contribution is 2.50. The number of halogens is 3. The number of pyridine rings is 1. The molecule has 1 aliphatic heterocycles. The Morgan fingerprint density at radius 1 is 1.09 bits per heavy atom. The highest BCUT2D eigenvalue weighted by atomic mass is 19.2. The summed E-state index contributed by atoms with van der Waals surface area (Å²) < 4.78 is 57.2. The van der Waals surface area contributed by atoms with Gasteiger partial charge in [-0.15, -0.1) is 0 Å². The van der Waals surface area contributed by atoms with Gasteiger partial charge in [0.05, 0.1) is 24.4 Å². The lowest BCUT2D eigenvalue weighted by atomic mass is 9.81. The summed E-state index contributed by atoms with van der Waals surface area (Å²) in [6.45, 7) is 1.05. The van der Waals surface area contributed by atoms with Crippen molar-refractivity contribution in [1.29, 1.82) is 0 Å². The van der Waals surface area contributed by atoms with Crippen LogP contribution in [0.2, 0.25) is 0 Å². The van der Waals surface area contributed by atoms with Gasteiger partial charge in [0.1, 0.15) is 46.1 Å². The number of hydrogen-bond acceptors (Lipinski definition) is 7. The molecule has 10 nitrogen and oxygen atoms in total. The Kier molecular flexibility index (Phi) is 6.60. The van der Waals surface area contributed by atoms with Gasteiger partial charge in [0.2, 0.25) is 5.91 Å². The Hall–Kier alpha value is -4.65. The summed E-state index contributed by atoms with van der Waals surface area (Å²) in [5.74, 6) is -4.86. The van der Waals surface area contributed by atoms with E-state index in [0.717, 1.165) is 31.1 Å². The third kappa shape index (κ3) is 5.07. The van der Waals surface area contributed by atoms with Crippen molar-refractivity contribution in [2.24, 2.45) is 11.7 Å². The van der Waals surface area contributed by atoms with Gasteiger partial charge >= 0.3 is 0 Å². The number of rotatable bonds is 10. The lowest BCUT2D eigenvalue weighted by Crippen LogP contribution is -2.44. The fraction of sp³-hybridized carbons (Fsp3) is 0.412. The maximum Gasteiger partial charge on any atom is 0.251 e. The first-order valence-electron chi connectivity index (χ1n) is 15.8. The summed E-state index contributed by atoms with van der Waals surface area (Å²) in [5.41, 5.74) is 3.20. The first kappa shape index (κ1) is 29.7. The van der Waals surface area contributed by atoms with Gasteiger partial charge in [-0.05, 0) is 75.6 Å². The quantitative estimate of drug-likeness (QED) is 0.215. The topological polar surface area (TPSA) is 142 Å². The fourth-order valence-electron chi connectivity index (χ4n) is 6.25. The van der Waals surface area contributed by atoms with Crippen molar-refractivity contribution < 1.29 is 37.3 Å². The van der Waals surface area contributed by atoms with Crippen LogP contribution in [0.3, 0.4) is 0 Å². The van der Waals surface area contributed by atoms with Crippen LogP contribution in [0.5, 0.6) is 11.5 Å². The van der Waals surface area contributed by atoms with Crippen molar-refractivity contribution in [3.63, 3.8) is 0 Å². The largest absolute Gasteiger partial charge is 0.489 e. The molecule has 13 heteroatoms. The number of carbonyl (C=O) groups excluding carboxylic acids is 2. The molecule has 244 valence electrons. The van der Waals surface area contributed by atoms with Crippen LogP contribution in [0.15, 0.2) is 36.5 Å². The molecule has 3 aliphatic carbocycles. The molecule has 2 amide bonds. The van der Waals surface area contributed by atoms with Crippen LogP contribution in [-0.2, 0) is 15.8 Å². The van der Waals surface area contributed by atoms with Gasteiger partial charge in [-0.2, -0.15) is 5.10 Å². The number of benzene rings is 2. The molecule has 0 radical (unpaired) electrons. The molecule has 1 unspecified atom stereocenters. The van der Waals surface area contributed by atoms with Crippen LogP contribution in [-0.4, -0.2) is 50.9 Å². The van der Waals surface area contributed by atoms with Gasteiger partial charge < -0.3 is 25.6 Å². The predicted molar refractivity (Wildman–Crippen MR) is 162 cm³/mol. The van der Waals surface area contributed by atoms with Crippen molar-refractivity contribution in [2.75, 3.05) is 13.2 Å². The summed E-state index contributed by atoms with van der Waals surface area (Å²) >= 11 is 0. The van der Waals surface area contributed by atoms with Gasteiger partial charge in [-0.1, -0.05) is 0 Å². The SMILES string of the molecule is C[C@]1(C(N)=O)COc2c1cc(C(O)(CNC(=O)c1cc(OC3CC3)c3nn(C4CC4)cc3c1)C1CC1)nc2-c1cc(F)c(F)cc1F. The molecule has 2 atom stereocenters. The molecule has 4 aromatic rings. The van der Waals surface area contributed by atoms with Crippen molar-refractivity contribution in [1.82, 2.24) is 20.1 Å². The number of carbonyl (C=O) groups is 2. The van der Waals surface area contributed by atoms with Crippen molar-refractivity contribution in [3.05, 3.63) is 70.8 Å². The molecule has 2 aromatic heterocycles. The molecule has 4 aliphatic rings.